The number of hydrogen-bond acceptors (Lipinski definition) is 0. The Hall–Kier alpha value is -0.0800. The lowest BCUT2D eigenvalue weighted by Crippen LogP contribution is -2.56. The van der Waals surface area contributed by atoms with E-state index in [2.05, 4.69) is 56.1 Å². The lowest BCUT2D eigenvalue weighted by atomic mass is 10.0. The van der Waals surface area contributed by atoms with Gasteiger partial charge in [-0.15, -0.1) is 0 Å². The quantitative estimate of drug-likeness (QED) is 0.585. The molecule has 0 aliphatic heterocycles. The van der Waals surface area contributed by atoms with Gasteiger partial charge in [-0.1, -0.05) is 13.8 Å². The van der Waals surface area contributed by atoms with Crippen molar-refractivity contribution >= 4 is 0 Å². The Balaban J connectivity index is 4.47. The second-order valence-corrected chi connectivity index (χ2v) is 6.40. The van der Waals surface area contributed by atoms with E-state index in [-0.39, 0.29) is 0 Å². The SMILES string of the molecule is CC(C)C(C[N+](C)(C)C)[N+](C)(C)C. The molecule has 1 atom stereocenters. The summed E-state index contributed by atoms with van der Waals surface area (Å²) in [5, 5.41) is 0. The predicted molar refractivity (Wildman–Crippen MR) is 59.6 cm³/mol. The van der Waals surface area contributed by atoms with Gasteiger partial charge in [0.25, 0.3) is 0 Å². The van der Waals surface area contributed by atoms with Crippen molar-refractivity contribution in [1.29, 1.82) is 0 Å². The Kier molecular flexibility index (Phi) is 3.95. The average Bonchev–Trinajstić information content (AvgIpc) is 1.77. The normalized spacial score (nSPS) is 16.4. The first-order valence-corrected chi connectivity index (χ1v) is 5.15. The van der Waals surface area contributed by atoms with Gasteiger partial charge < -0.3 is 8.97 Å². The third-order valence-corrected chi connectivity index (χ3v) is 2.50. The molecule has 0 amide bonds. The highest BCUT2D eigenvalue weighted by Gasteiger charge is 2.32. The highest BCUT2D eigenvalue weighted by molar-refractivity contribution is 4.61. The molecule has 0 aromatic heterocycles. The minimum absolute atomic E-state index is 0.736. The maximum atomic E-state index is 2.32. The molecule has 0 heterocycles. The smallest absolute Gasteiger partial charge is 0.140 e. The average molecular weight is 188 g/mol. The summed E-state index contributed by atoms with van der Waals surface area (Å²) in [4.78, 5) is 0. The van der Waals surface area contributed by atoms with Crippen LogP contribution in [0.25, 0.3) is 0 Å². The lowest BCUT2D eigenvalue weighted by Gasteiger charge is -2.40. The zero-order valence-electron chi connectivity index (χ0n) is 10.8. The molecule has 0 rings (SSSR count). The number of likely N-dealkylation sites (N-methyl/N-ethyl adjacent to an activating group) is 2. The summed E-state index contributed by atoms with van der Waals surface area (Å²) in [6, 6.07) is 0.736. The van der Waals surface area contributed by atoms with Crippen LogP contribution in [0.3, 0.4) is 0 Å². The molecule has 80 valence electrons. The summed E-state index contributed by atoms with van der Waals surface area (Å²) in [5.41, 5.74) is 0. The van der Waals surface area contributed by atoms with E-state index >= 15 is 0 Å². The van der Waals surface area contributed by atoms with Crippen molar-refractivity contribution in [2.45, 2.75) is 19.9 Å². The van der Waals surface area contributed by atoms with Gasteiger partial charge in [0.05, 0.1) is 42.3 Å². The Morgan fingerprint density at radius 3 is 1.31 bits per heavy atom. The topological polar surface area (TPSA) is 0 Å². The summed E-state index contributed by atoms with van der Waals surface area (Å²) < 4.78 is 2.12. The fourth-order valence-electron chi connectivity index (χ4n) is 1.91. The minimum atomic E-state index is 0.736. The molecule has 2 nitrogen and oxygen atoms in total. The van der Waals surface area contributed by atoms with Crippen LogP contribution in [0, 0.1) is 5.92 Å². The third-order valence-electron chi connectivity index (χ3n) is 2.50. The fourth-order valence-corrected chi connectivity index (χ4v) is 1.91. The van der Waals surface area contributed by atoms with Crippen LogP contribution in [0.2, 0.25) is 0 Å². The Morgan fingerprint density at radius 2 is 1.23 bits per heavy atom. The van der Waals surface area contributed by atoms with Crippen LogP contribution in [0.1, 0.15) is 13.8 Å². The Labute approximate surface area is 84.3 Å². The van der Waals surface area contributed by atoms with Crippen molar-refractivity contribution in [2.24, 2.45) is 5.92 Å². The molecule has 0 spiro atoms. The Morgan fingerprint density at radius 1 is 0.846 bits per heavy atom. The second kappa shape index (κ2) is 3.97. The van der Waals surface area contributed by atoms with Crippen molar-refractivity contribution in [3.05, 3.63) is 0 Å². The van der Waals surface area contributed by atoms with Crippen LogP contribution in [0.15, 0.2) is 0 Å². The van der Waals surface area contributed by atoms with Crippen molar-refractivity contribution in [1.82, 2.24) is 0 Å². The highest BCUT2D eigenvalue weighted by Crippen LogP contribution is 2.15. The summed E-state index contributed by atoms with van der Waals surface area (Å²) >= 11 is 0. The van der Waals surface area contributed by atoms with Gasteiger partial charge >= 0.3 is 0 Å². The molecule has 0 aromatic rings. The van der Waals surface area contributed by atoms with Crippen LogP contribution in [0.4, 0.5) is 0 Å². The molecular weight excluding hydrogens is 160 g/mol. The van der Waals surface area contributed by atoms with Crippen LogP contribution in [0.5, 0.6) is 0 Å². The molecule has 0 fully saturated rings. The molecule has 2 heteroatoms. The molecular formula is C11H28N2+2. The number of nitrogens with zero attached hydrogens (tertiary/aromatic N) is 2. The van der Waals surface area contributed by atoms with Gasteiger partial charge in [0.1, 0.15) is 12.6 Å². The van der Waals surface area contributed by atoms with Crippen LogP contribution in [-0.4, -0.2) is 63.8 Å². The van der Waals surface area contributed by atoms with Crippen LogP contribution >= 0.6 is 0 Å². The van der Waals surface area contributed by atoms with Crippen molar-refractivity contribution in [2.75, 3.05) is 48.8 Å². The molecule has 0 aliphatic rings. The van der Waals surface area contributed by atoms with E-state index in [9.17, 15) is 0 Å². The van der Waals surface area contributed by atoms with Crippen LogP contribution in [-0.2, 0) is 0 Å². The zero-order valence-corrected chi connectivity index (χ0v) is 10.8. The molecule has 0 radical (unpaired) electrons. The summed E-state index contributed by atoms with van der Waals surface area (Å²) in [6.07, 6.45) is 0. The van der Waals surface area contributed by atoms with Gasteiger partial charge in [0.2, 0.25) is 0 Å². The molecule has 0 N–H and O–H groups in total. The lowest BCUT2D eigenvalue weighted by molar-refractivity contribution is -0.949. The van der Waals surface area contributed by atoms with E-state index in [4.69, 9.17) is 0 Å². The Bertz CT molecular complexity index is 148. The first-order valence-electron chi connectivity index (χ1n) is 5.15. The first kappa shape index (κ1) is 12.9. The molecule has 0 aromatic carbocycles. The number of hydrogen-bond donors (Lipinski definition) is 0. The molecule has 0 saturated carbocycles. The first-order chi connectivity index (χ1) is 5.54. The summed E-state index contributed by atoms with van der Waals surface area (Å²) in [6.45, 7) is 5.88. The second-order valence-electron chi connectivity index (χ2n) is 6.40. The molecule has 13 heavy (non-hydrogen) atoms. The van der Waals surface area contributed by atoms with Crippen molar-refractivity contribution in [3.8, 4) is 0 Å². The van der Waals surface area contributed by atoms with Gasteiger partial charge in [-0.2, -0.15) is 0 Å². The predicted octanol–water partition coefficient (Wildman–Crippen LogP) is 1.42. The van der Waals surface area contributed by atoms with Gasteiger partial charge in [-0.3, -0.25) is 0 Å². The molecule has 0 saturated heterocycles. The number of rotatable bonds is 4. The van der Waals surface area contributed by atoms with E-state index in [0.29, 0.717) is 0 Å². The van der Waals surface area contributed by atoms with E-state index in [1.807, 2.05) is 0 Å². The van der Waals surface area contributed by atoms with Gasteiger partial charge in [-0.25, -0.2) is 0 Å². The van der Waals surface area contributed by atoms with Crippen LogP contribution < -0.4 is 0 Å². The molecule has 0 bridgehead atoms. The van der Waals surface area contributed by atoms with Gasteiger partial charge in [0.15, 0.2) is 0 Å². The van der Waals surface area contributed by atoms with E-state index in [1.54, 1.807) is 0 Å². The zero-order chi connectivity index (χ0) is 10.9. The highest BCUT2D eigenvalue weighted by atomic mass is 15.4. The molecule has 0 aliphatic carbocycles. The van der Waals surface area contributed by atoms with Gasteiger partial charge in [0, 0.05) is 5.92 Å². The largest absolute Gasteiger partial charge is 0.326 e. The van der Waals surface area contributed by atoms with E-state index in [1.165, 1.54) is 6.54 Å². The van der Waals surface area contributed by atoms with Crippen molar-refractivity contribution < 1.29 is 8.97 Å². The summed E-state index contributed by atoms with van der Waals surface area (Å²) in [5.74, 6) is 0.748. The van der Waals surface area contributed by atoms with Crippen molar-refractivity contribution in [3.63, 3.8) is 0 Å². The number of quaternary nitrogens is 2. The third kappa shape index (κ3) is 5.27. The fraction of sp³-hybridized carbons (Fsp3) is 1.00. The molecule has 1 unspecified atom stereocenters. The summed E-state index contributed by atoms with van der Waals surface area (Å²) in [7, 11) is 13.7. The van der Waals surface area contributed by atoms with E-state index < -0.39 is 0 Å². The van der Waals surface area contributed by atoms with Gasteiger partial charge in [-0.05, 0) is 0 Å². The maximum Gasteiger partial charge on any atom is 0.140 e. The standard InChI is InChI=1S/C11H28N2/c1-10(2)11(13(6,7)8)9-12(3,4)5/h10-11H,9H2,1-8H3/q+2. The maximum absolute atomic E-state index is 2.32. The van der Waals surface area contributed by atoms with E-state index in [0.717, 1.165) is 20.9 Å². The monoisotopic (exact) mass is 188 g/mol. The minimum Gasteiger partial charge on any atom is -0.326 e.